The molecule has 0 aliphatic rings. The van der Waals surface area contributed by atoms with E-state index in [9.17, 15) is 0 Å². The SMILES string of the molecule is CCC(C)SCCNc1cccc(Cl)c1. The van der Waals surface area contributed by atoms with Crippen molar-refractivity contribution in [2.24, 2.45) is 0 Å². The second kappa shape index (κ2) is 7.02. The largest absolute Gasteiger partial charge is 0.384 e. The van der Waals surface area contributed by atoms with E-state index in [0.29, 0.717) is 0 Å². The molecule has 0 saturated heterocycles. The van der Waals surface area contributed by atoms with E-state index in [1.807, 2.05) is 36.0 Å². The molecule has 1 aromatic rings. The summed E-state index contributed by atoms with van der Waals surface area (Å²) in [5.74, 6) is 1.14. The molecule has 0 fully saturated rings. The van der Waals surface area contributed by atoms with Crippen LogP contribution in [0.5, 0.6) is 0 Å². The maximum atomic E-state index is 5.89. The molecule has 0 bridgehead atoms. The highest BCUT2D eigenvalue weighted by Crippen LogP contribution is 2.16. The van der Waals surface area contributed by atoms with Crippen LogP contribution in [0.15, 0.2) is 24.3 Å². The van der Waals surface area contributed by atoms with E-state index in [0.717, 1.165) is 28.3 Å². The molecule has 0 heterocycles. The third-order valence-electron chi connectivity index (χ3n) is 2.23. The molecular formula is C12H18ClNS. The van der Waals surface area contributed by atoms with Gasteiger partial charge in [0.15, 0.2) is 0 Å². The topological polar surface area (TPSA) is 12.0 Å². The van der Waals surface area contributed by atoms with Gasteiger partial charge >= 0.3 is 0 Å². The molecular weight excluding hydrogens is 226 g/mol. The van der Waals surface area contributed by atoms with E-state index < -0.39 is 0 Å². The smallest absolute Gasteiger partial charge is 0.0426 e. The Morgan fingerprint density at radius 1 is 1.47 bits per heavy atom. The van der Waals surface area contributed by atoms with Crippen molar-refractivity contribution in [3.63, 3.8) is 0 Å². The van der Waals surface area contributed by atoms with Crippen molar-refractivity contribution in [2.45, 2.75) is 25.5 Å². The Hall–Kier alpha value is -0.340. The van der Waals surface area contributed by atoms with Crippen molar-refractivity contribution in [1.82, 2.24) is 0 Å². The van der Waals surface area contributed by atoms with Gasteiger partial charge in [-0.2, -0.15) is 11.8 Å². The van der Waals surface area contributed by atoms with E-state index >= 15 is 0 Å². The highest BCUT2D eigenvalue weighted by Gasteiger charge is 1.98. The molecule has 0 aliphatic carbocycles. The van der Waals surface area contributed by atoms with Crippen LogP contribution in [0.3, 0.4) is 0 Å². The molecule has 0 radical (unpaired) electrons. The van der Waals surface area contributed by atoms with E-state index in [2.05, 4.69) is 19.2 Å². The molecule has 0 aliphatic heterocycles. The Kier molecular flexibility index (Phi) is 5.96. The number of anilines is 1. The Balaban J connectivity index is 2.20. The fourth-order valence-electron chi connectivity index (χ4n) is 1.17. The molecule has 3 heteroatoms. The quantitative estimate of drug-likeness (QED) is 0.749. The molecule has 1 rings (SSSR count). The summed E-state index contributed by atoms with van der Waals surface area (Å²) in [6, 6.07) is 7.85. The number of hydrogen-bond donors (Lipinski definition) is 1. The first-order valence-electron chi connectivity index (χ1n) is 5.33. The molecule has 0 spiro atoms. The summed E-state index contributed by atoms with van der Waals surface area (Å²) in [6.07, 6.45) is 1.24. The highest BCUT2D eigenvalue weighted by atomic mass is 35.5. The molecule has 1 atom stereocenters. The van der Waals surface area contributed by atoms with E-state index in [1.165, 1.54) is 6.42 Å². The zero-order valence-electron chi connectivity index (χ0n) is 9.29. The molecule has 1 unspecified atom stereocenters. The van der Waals surface area contributed by atoms with Gasteiger partial charge in [0, 0.05) is 28.3 Å². The number of hydrogen-bond acceptors (Lipinski definition) is 2. The molecule has 1 nitrogen and oxygen atoms in total. The maximum Gasteiger partial charge on any atom is 0.0426 e. The van der Waals surface area contributed by atoms with Gasteiger partial charge in [0.05, 0.1) is 0 Å². The van der Waals surface area contributed by atoms with Crippen molar-refractivity contribution in [3.05, 3.63) is 29.3 Å². The average molecular weight is 244 g/mol. The van der Waals surface area contributed by atoms with Gasteiger partial charge < -0.3 is 5.32 Å². The summed E-state index contributed by atoms with van der Waals surface area (Å²) in [5, 5.41) is 4.90. The minimum Gasteiger partial charge on any atom is -0.384 e. The summed E-state index contributed by atoms with van der Waals surface area (Å²) in [6.45, 7) is 5.49. The van der Waals surface area contributed by atoms with Crippen LogP contribution >= 0.6 is 23.4 Å². The first-order chi connectivity index (χ1) is 7.22. The van der Waals surface area contributed by atoms with Crippen molar-refractivity contribution >= 4 is 29.1 Å². The Bertz CT molecular complexity index is 291. The van der Waals surface area contributed by atoms with Crippen molar-refractivity contribution in [1.29, 1.82) is 0 Å². The van der Waals surface area contributed by atoms with Crippen LogP contribution in [0, 0.1) is 0 Å². The predicted octanol–water partition coefficient (Wildman–Crippen LogP) is 4.28. The normalized spacial score (nSPS) is 12.5. The van der Waals surface area contributed by atoms with Crippen molar-refractivity contribution < 1.29 is 0 Å². The predicted molar refractivity (Wildman–Crippen MR) is 72.2 cm³/mol. The first-order valence-corrected chi connectivity index (χ1v) is 6.76. The molecule has 15 heavy (non-hydrogen) atoms. The summed E-state index contributed by atoms with van der Waals surface area (Å²) in [5.41, 5.74) is 1.10. The zero-order valence-corrected chi connectivity index (χ0v) is 10.9. The van der Waals surface area contributed by atoms with Crippen LogP contribution in [0.25, 0.3) is 0 Å². The lowest BCUT2D eigenvalue weighted by atomic mass is 10.3. The van der Waals surface area contributed by atoms with Gasteiger partial charge in [-0.25, -0.2) is 0 Å². The van der Waals surface area contributed by atoms with Crippen molar-refractivity contribution in [2.75, 3.05) is 17.6 Å². The van der Waals surface area contributed by atoms with Gasteiger partial charge in [-0.15, -0.1) is 0 Å². The lowest BCUT2D eigenvalue weighted by molar-refractivity contribution is 0.905. The van der Waals surface area contributed by atoms with Crippen molar-refractivity contribution in [3.8, 4) is 0 Å². The van der Waals surface area contributed by atoms with Gasteiger partial charge in [0.2, 0.25) is 0 Å². The third-order valence-corrected chi connectivity index (χ3v) is 3.81. The van der Waals surface area contributed by atoms with Gasteiger partial charge in [-0.05, 0) is 24.6 Å². The summed E-state index contributed by atoms with van der Waals surface area (Å²) >= 11 is 7.89. The zero-order chi connectivity index (χ0) is 11.1. The van der Waals surface area contributed by atoms with E-state index in [4.69, 9.17) is 11.6 Å². The summed E-state index contributed by atoms with van der Waals surface area (Å²) < 4.78 is 0. The number of benzene rings is 1. The minimum atomic E-state index is 0.756. The van der Waals surface area contributed by atoms with Gasteiger partial charge in [0.1, 0.15) is 0 Å². The van der Waals surface area contributed by atoms with Gasteiger partial charge in [0.25, 0.3) is 0 Å². The number of thioether (sulfide) groups is 1. The fourth-order valence-corrected chi connectivity index (χ4v) is 2.22. The molecule has 0 amide bonds. The van der Waals surface area contributed by atoms with Gasteiger partial charge in [-0.3, -0.25) is 0 Å². The number of halogens is 1. The lowest BCUT2D eigenvalue weighted by Crippen LogP contribution is -2.06. The summed E-state index contributed by atoms with van der Waals surface area (Å²) in [7, 11) is 0. The van der Waals surface area contributed by atoms with Crippen LogP contribution in [0.4, 0.5) is 5.69 Å². The van der Waals surface area contributed by atoms with Crippen LogP contribution in [-0.4, -0.2) is 17.5 Å². The standard InChI is InChI=1S/C12H18ClNS/c1-3-10(2)15-8-7-14-12-6-4-5-11(13)9-12/h4-6,9-10,14H,3,7-8H2,1-2H3. The van der Waals surface area contributed by atoms with Crippen LogP contribution < -0.4 is 5.32 Å². The third kappa shape index (κ3) is 5.33. The maximum absolute atomic E-state index is 5.89. The Labute approximate surface area is 102 Å². The number of rotatable bonds is 6. The van der Waals surface area contributed by atoms with Crippen LogP contribution in [0.2, 0.25) is 5.02 Å². The first kappa shape index (κ1) is 12.7. The van der Waals surface area contributed by atoms with E-state index in [-0.39, 0.29) is 0 Å². The Morgan fingerprint density at radius 2 is 2.27 bits per heavy atom. The molecule has 0 aromatic heterocycles. The van der Waals surface area contributed by atoms with Crippen LogP contribution in [-0.2, 0) is 0 Å². The molecule has 1 aromatic carbocycles. The molecule has 1 N–H and O–H groups in total. The average Bonchev–Trinajstić information content (AvgIpc) is 2.24. The Morgan fingerprint density at radius 3 is 2.93 bits per heavy atom. The monoisotopic (exact) mass is 243 g/mol. The minimum absolute atomic E-state index is 0.756. The lowest BCUT2D eigenvalue weighted by Gasteiger charge is -2.09. The second-order valence-corrected chi connectivity index (χ2v) is 5.51. The van der Waals surface area contributed by atoms with Crippen LogP contribution in [0.1, 0.15) is 20.3 Å². The van der Waals surface area contributed by atoms with E-state index in [1.54, 1.807) is 0 Å². The van der Waals surface area contributed by atoms with Gasteiger partial charge in [-0.1, -0.05) is 31.5 Å². The fraction of sp³-hybridized carbons (Fsp3) is 0.500. The molecule has 84 valence electrons. The second-order valence-electron chi connectivity index (χ2n) is 3.53. The number of nitrogens with one attached hydrogen (secondary N) is 1. The summed E-state index contributed by atoms with van der Waals surface area (Å²) in [4.78, 5) is 0. The highest BCUT2D eigenvalue weighted by molar-refractivity contribution is 7.99. The molecule has 0 saturated carbocycles.